The Labute approximate surface area is 115 Å². The van der Waals surface area contributed by atoms with Crippen molar-refractivity contribution in [2.45, 2.75) is 5.75 Å². The van der Waals surface area contributed by atoms with Crippen LogP contribution in [0.3, 0.4) is 0 Å². The van der Waals surface area contributed by atoms with E-state index in [1.165, 1.54) is 18.8 Å². The number of hydrogen-bond acceptors (Lipinski definition) is 6. The molecule has 0 aliphatic carbocycles. The summed E-state index contributed by atoms with van der Waals surface area (Å²) in [5, 5.41) is 11.5. The lowest BCUT2D eigenvalue weighted by Crippen LogP contribution is -2.32. The lowest BCUT2D eigenvalue weighted by molar-refractivity contribution is 0.467. The van der Waals surface area contributed by atoms with Gasteiger partial charge in [-0.2, -0.15) is 20.2 Å². The SMILES string of the molecule is CN=C(NCCSCc1ncccc1O)S(=O)(=O)O. The minimum Gasteiger partial charge on any atom is -0.506 e. The van der Waals surface area contributed by atoms with Gasteiger partial charge in [0.25, 0.3) is 0 Å². The Balaban J connectivity index is 2.31. The molecule has 1 aromatic heterocycles. The van der Waals surface area contributed by atoms with Gasteiger partial charge in [0.2, 0.25) is 5.17 Å². The number of aliphatic imine (C=N–C) groups is 1. The molecule has 0 aliphatic rings. The maximum Gasteiger partial charge on any atom is 0.327 e. The second-order valence-corrected chi connectivity index (χ2v) is 5.89. The summed E-state index contributed by atoms with van der Waals surface area (Å²) >= 11 is 1.47. The number of rotatable bonds is 5. The fourth-order valence-electron chi connectivity index (χ4n) is 1.23. The third-order valence-corrected chi connectivity index (χ3v) is 3.86. The van der Waals surface area contributed by atoms with Crippen LogP contribution in [-0.2, 0) is 15.9 Å². The molecule has 0 atom stereocenters. The summed E-state index contributed by atoms with van der Waals surface area (Å²) in [6.45, 7) is 0.324. The van der Waals surface area contributed by atoms with E-state index in [0.717, 1.165) is 0 Å². The largest absolute Gasteiger partial charge is 0.506 e. The van der Waals surface area contributed by atoms with Gasteiger partial charge < -0.3 is 10.4 Å². The van der Waals surface area contributed by atoms with Crippen LogP contribution < -0.4 is 5.32 Å². The Morgan fingerprint density at radius 3 is 2.89 bits per heavy atom. The fraction of sp³-hybridized carbons (Fsp3) is 0.400. The van der Waals surface area contributed by atoms with Gasteiger partial charge in [-0.1, -0.05) is 0 Å². The summed E-state index contributed by atoms with van der Waals surface area (Å²) in [5.41, 5.74) is 0.576. The first-order valence-corrected chi connectivity index (χ1v) is 7.93. The molecule has 1 rings (SSSR count). The van der Waals surface area contributed by atoms with E-state index < -0.39 is 15.3 Å². The highest BCUT2D eigenvalue weighted by Gasteiger charge is 2.13. The highest BCUT2D eigenvalue weighted by atomic mass is 32.2. The van der Waals surface area contributed by atoms with Gasteiger partial charge in [0.1, 0.15) is 5.75 Å². The van der Waals surface area contributed by atoms with Crippen molar-refractivity contribution >= 4 is 27.0 Å². The average molecular weight is 305 g/mol. The van der Waals surface area contributed by atoms with E-state index in [4.69, 9.17) is 4.55 Å². The molecule has 0 aromatic carbocycles. The molecule has 0 fully saturated rings. The number of thioether (sulfide) groups is 1. The van der Waals surface area contributed by atoms with Crippen molar-refractivity contribution in [1.82, 2.24) is 10.3 Å². The number of hydrogen-bond donors (Lipinski definition) is 3. The zero-order valence-corrected chi connectivity index (χ0v) is 11.9. The summed E-state index contributed by atoms with van der Waals surface area (Å²) < 4.78 is 30.4. The van der Waals surface area contributed by atoms with Gasteiger partial charge in [0.15, 0.2) is 0 Å². The Morgan fingerprint density at radius 2 is 2.32 bits per heavy atom. The van der Waals surface area contributed by atoms with Crippen molar-refractivity contribution in [3.05, 3.63) is 24.0 Å². The minimum atomic E-state index is -4.28. The van der Waals surface area contributed by atoms with E-state index in [1.807, 2.05) is 0 Å². The maximum absolute atomic E-state index is 10.8. The van der Waals surface area contributed by atoms with Crippen LogP contribution in [0.4, 0.5) is 0 Å². The molecule has 0 bridgehead atoms. The highest BCUT2D eigenvalue weighted by Crippen LogP contribution is 2.18. The average Bonchev–Trinajstić information content (AvgIpc) is 2.34. The molecule has 19 heavy (non-hydrogen) atoms. The lowest BCUT2D eigenvalue weighted by Gasteiger charge is -2.06. The zero-order chi connectivity index (χ0) is 14.3. The first-order chi connectivity index (χ1) is 8.95. The van der Waals surface area contributed by atoms with E-state index in [-0.39, 0.29) is 5.75 Å². The summed E-state index contributed by atoms with van der Waals surface area (Å²) in [4.78, 5) is 7.45. The summed E-state index contributed by atoms with van der Waals surface area (Å²) in [6.07, 6.45) is 1.59. The molecule has 0 amide bonds. The van der Waals surface area contributed by atoms with Gasteiger partial charge in [-0.15, -0.1) is 0 Å². The van der Waals surface area contributed by atoms with Crippen LogP contribution >= 0.6 is 11.8 Å². The van der Waals surface area contributed by atoms with Crippen LogP contribution in [-0.4, -0.2) is 47.6 Å². The molecule has 9 heteroatoms. The van der Waals surface area contributed by atoms with Crippen molar-refractivity contribution in [1.29, 1.82) is 0 Å². The van der Waals surface area contributed by atoms with E-state index in [2.05, 4.69) is 15.3 Å². The first kappa shape index (κ1) is 15.7. The van der Waals surface area contributed by atoms with Gasteiger partial charge in [-0.25, -0.2) is 0 Å². The van der Waals surface area contributed by atoms with Crippen LogP contribution in [0.1, 0.15) is 5.69 Å². The molecular weight excluding hydrogens is 290 g/mol. The highest BCUT2D eigenvalue weighted by molar-refractivity contribution is 8.01. The van der Waals surface area contributed by atoms with Crippen LogP contribution in [0.2, 0.25) is 0 Å². The Morgan fingerprint density at radius 1 is 1.58 bits per heavy atom. The topological polar surface area (TPSA) is 112 Å². The van der Waals surface area contributed by atoms with E-state index in [1.54, 1.807) is 18.3 Å². The molecule has 0 radical (unpaired) electrons. The summed E-state index contributed by atoms with van der Waals surface area (Å²) in [7, 11) is -3.01. The van der Waals surface area contributed by atoms with Gasteiger partial charge in [0, 0.05) is 31.3 Å². The van der Waals surface area contributed by atoms with Crippen LogP contribution in [0.25, 0.3) is 0 Å². The smallest absolute Gasteiger partial charge is 0.327 e. The van der Waals surface area contributed by atoms with Gasteiger partial charge in [0.05, 0.1) is 5.69 Å². The molecule has 1 aromatic rings. The normalized spacial score (nSPS) is 12.4. The third kappa shape index (κ3) is 5.45. The molecule has 0 aliphatic heterocycles. The predicted molar refractivity (Wildman–Crippen MR) is 75.0 cm³/mol. The van der Waals surface area contributed by atoms with Crippen molar-refractivity contribution in [3.63, 3.8) is 0 Å². The molecule has 0 saturated heterocycles. The standard InChI is InChI=1S/C10H15N3O4S2/c1-11-10(19(15,16)17)13-5-6-18-7-8-9(14)3-2-4-12-8/h2-4,14H,5-7H2,1H3,(H,11,13)(H,15,16,17). The van der Waals surface area contributed by atoms with Crippen LogP contribution in [0.5, 0.6) is 5.75 Å². The van der Waals surface area contributed by atoms with E-state index in [9.17, 15) is 13.5 Å². The molecule has 3 N–H and O–H groups in total. The summed E-state index contributed by atoms with van der Waals surface area (Å²) in [6, 6.07) is 3.20. The van der Waals surface area contributed by atoms with Crippen molar-refractivity contribution in [2.24, 2.45) is 4.99 Å². The fourth-order valence-corrected chi connectivity index (χ4v) is 2.55. The number of nitrogens with zero attached hydrogens (tertiary/aromatic N) is 2. The molecule has 0 spiro atoms. The van der Waals surface area contributed by atoms with Crippen LogP contribution in [0.15, 0.2) is 23.3 Å². The van der Waals surface area contributed by atoms with Crippen molar-refractivity contribution in [3.8, 4) is 5.75 Å². The number of amidine groups is 1. The minimum absolute atomic E-state index is 0.136. The number of nitrogens with one attached hydrogen (secondary N) is 1. The monoisotopic (exact) mass is 305 g/mol. The second kappa shape index (κ2) is 7.31. The van der Waals surface area contributed by atoms with E-state index in [0.29, 0.717) is 23.7 Å². The molecule has 0 unspecified atom stereocenters. The molecule has 7 nitrogen and oxygen atoms in total. The van der Waals surface area contributed by atoms with Gasteiger partial charge in [-0.3, -0.25) is 14.5 Å². The quantitative estimate of drug-likeness (QED) is 0.314. The number of aromatic hydroxyl groups is 1. The van der Waals surface area contributed by atoms with Crippen LogP contribution in [0, 0.1) is 0 Å². The Kier molecular flexibility index (Phi) is 6.06. The van der Waals surface area contributed by atoms with Crippen molar-refractivity contribution < 1.29 is 18.1 Å². The summed E-state index contributed by atoms with van der Waals surface area (Å²) in [5.74, 6) is 1.22. The molecule has 106 valence electrons. The third-order valence-electron chi connectivity index (χ3n) is 2.08. The number of pyridine rings is 1. The Bertz CT molecular complexity index is 545. The maximum atomic E-state index is 10.8. The van der Waals surface area contributed by atoms with Crippen molar-refractivity contribution in [2.75, 3.05) is 19.3 Å². The second-order valence-electron chi connectivity index (χ2n) is 3.45. The predicted octanol–water partition coefficient (Wildman–Crippen LogP) is 0.484. The molecule has 1 heterocycles. The van der Waals surface area contributed by atoms with Gasteiger partial charge in [-0.05, 0) is 12.1 Å². The van der Waals surface area contributed by atoms with Gasteiger partial charge >= 0.3 is 10.1 Å². The molecule has 0 saturated carbocycles. The molecular formula is C10H15N3O4S2. The zero-order valence-electron chi connectivity index (χ0n) is 10.3. The number of aromatic nitrogens is 1. The lowest BCUT2D eigenvalue weighted by atomic mass is 10.3. The Hall–Kier alpha value is -1.32. The first-order valence-electron chi connectivity index (χ1n) is 5.34. The van der Waals surface area contributed by atoms with E-state index >= 15 is 0 Å².